The van der Waals surface area contributed by atoms with E-state index in [2.05, 4.69) is 0 Å². The zero-order chi connectivity index (χ0) is 11.4. The second-order valence-corrected chi connectivity index (χ2v) is 4.19. The summed E-state index contributed by atoms with van der Waals surface area (Å²) in [6.45, 7) is 1.95. The van der Waals surface area contributed by atoms with Crippen LogP contribution in [0.1, 0.15) is 31.2 Å². The molecule has 0 amide bonds. The van der Waals surface area contributed by atoms with Gasteiger partial charge in [0.15, 0.2) is 0 Å². The van der Waals surface area contributed by atoms with Gasteiger partial charge in [0.25, 0.3) is 0 Å². The maximum absolute atomic E-state index is 10.6. The first-order chi connectivity index (χ1) is 7.04. The Labute approximate surface area is 98.8 Å². The summed E-state index contributed by atoms with van der Waals surface area (Å²) < 4.78 is 0. The Bertz CT molecular complexity index is 364. The topological polar surface area (TPSA) is 37.3 Å². The average molecular weight is 247 g/mol. The molecular weight excluding hydrogens is 235 g/mol. The van der Waals surface area contributed by atoms with Crippen LogP contribution in [0.3, 0.4) is 0 Å². The molecule has 1 aromatic carbocycles. The Kier molecular flexibility index (Phi) is 4.43. The maximum Gasteiger partial charge on any atom is 0.303 e. The van der Waals surface area contributed by atoms with Gasteiger partial charge >= 0.3 is 5.97 Å². The third kappa shape index (κ3) is 3.40. The van der Waals surface area contributed by atoms with Crippen molar-refractivity contribution in [2.45, 2.75) is 25.7 Å². The molecule has 2 nitrogen and oxygen atoms in total. The summed E-state index contributed by atoms with van der Waals surface area (Å²) in [6, 6.07) is 5.26. The van der Waals surface area contributed by atoms with Crippen LogP contribution in [0.25, 0.3) is 0 Å². The fourth-order valence-electron chi connectivity index (χ4n) is 1.47. The molecule has 1 atom stereocenters. The number of aliphatic carboxylic acids is 1. The van der Waals surface area contributed by atoms with Gasteiger partial charge in [-0.3, -0.25) is 4.79 Å². The molecule has 4 heteroatoms. The van der Waals surface area contributed by atoms with E-state index in [1.165, 1.54) is 0 Å². The number of benzene rings is 1. The third-order valence-electron chi connectivity index (χ3n) is 2.33. The molecule has 82 valence electrons. The molecule has 1 N–H and O–H groups in total. The van der Waals surface area contributed by atoms with Gasteiger partial charge in [-0.15, -0.1) is 0 Å². The first-order valence-corrected chi connectivity index (χ1v) is 5.47. The molecule has 0 aliphatic rings. The minimum Gasteiger partial charge on any atom is -0.481 e. The fourth-order valence-corrected chi connectivity index (χ4v) is 1.78. The van der Waals surface area contributed by atoms with Gasteiger partial charge < -0.3 is 5.11 Å². The van der Waals surface area contributed by atoms with Crippen LogP contribution < -0.4 is 0 Å². The molecule has 0 bridgehead atoms. The van der Waals surface area contributed by atoms with Gasteiger partial charge in [-0.25, -0.2) is 0 Å². The first kappa shape index (κ1) is 12.3. The second kappa shape index (κ2) is 5.38. The van der Waals surface area contributed by atoms with Crippen LogP contribution in [0.5, 0.6) is 0 Å². The molecule has 1 rings (SSSR count). The summed E-state index contributed by atoms with van der Waals surface area (Å²) in [5.74, 6) is -0.801. The Hall–Kier alpha value is -0.730. The number of rotatable bonds is 4. The number of carboxylic acid groups (broad SMARTS) is 1. The van der Waals surface area contributed by atoms with Gasteiger partial charge in [0.2, 0.25) is 0 Å². The molecule has 0 aromatic heterocycles. The normalized spacial score (nSPS) is 12.5. The molecule has 15 heavy (non-hydrogen) atoms. The zero-order valence-corrected chi connectivity index (χ0v) is 9.85. The van der Waals surface area contributed by atoms with Crippen LogP contribution in [0.2, 0.25) is 10.0 Å². The van der Waals surface area contributed by atoms with Gasteiger partial charge in [-0.05, 0) is 30.0 Å². The molecule has 0 aliphatic heterocycles. The van der Waals surface area contributed by atoms with Gasteiger partial charge in [0, 0.05) is 0 Å². The summed E-state index contributed by atoms with van der Waals surface area (Å²) in [4.78, 5) is 10.6. The van der Waals surface area contributed by atoms with Crippen molar-refractivity contribution in [3.8, 4) is 0 Å². The summed E-state index contributed by atoms with van der Waals surface area (Å²) in [7, 11) is 0. The molecule has 0 fully saturated rings. The van der Waals surface area contributed by atoms with Crippen molar-refractivity contribution in [2.24, 2.45) is 0 Å². The lowest BCUT2D eigenvalue weighted by Crippen LogP contribution is -2.05. The van der Waals surface area contributed by atoms with Crippen molar-refractivity contribution < 1.29 is 9.90 Å². The fraction of sp³-hybridized carbons (Fsp3) is 0.364. The molecule has 0 radical (unpaired) electrons. The Morgan fingerprint density at radius 3 is 2.53 bits per heavy atom. The van der Waals surface area contributed by atoms with E-state index in [1.807, 2.05) is 13.0 Å². The highest BCUT2D eigenvalue weighted by Gasteiger charge is 2.14. The monoisotopic (exact) mass is 246 g/mol. The summed E-state index contributed by atoms with van der Waals surface area (Å²) in [5, 5.41) is 9.70. The largest absolute Gasteiger partial charge is 0.481 e. The van der Waals surface area contributed by atoms with Crippen molar-refractivity contribution in [2.75, 3.05) is 0 Å². The van der Waals surface area contributed by atoms with Gasteiger partial charge in [0.05, 0.1) is 16.5 Å². The number of carboxylic acids is 1. The lowest BCUT2D eigenvalue weighted by molar-refractivity contribution is -0.137. The van der Waals surface area contributed by atoms with Crippen molar-refractivity contribution in [1.82, 2.24) is 0 Å². The molecule has 0 spiro atoms. The van der Waals surface area contributed by atoms with Crippen LogP contribution in [0.4, 0.5) is 0 Å². The van der Waals surface area contributed by atoms with Crippen molar-refractivity contribution in [3.63, 3.8) is 0 Å². The van der Waals surface area contributed by atoms with E-state index in [-0.39, 0.29) is 12.3 Å². The zero-order valence-electron chi connectivity index (χ0n) is 8.34. The maximum atomic E-state index is 10.6. The Morgan fingerprint density at radius 1 is 1.40 bits per heavy atom. The molecule has 0 saturated carbocycles. The van der Waals surface area contributed by atoms with Crippen LogP contribution in [-0.2, 0) is 4.79 Å². The number of carbonyl (C=O) groups is 1. The highest BCUT2D eigenvalue weighted by atomic mass is 35.5. The first-order valence-electron chi connectivity index (χ1n) is 4.71. The van der Waals surface area contributed by atoms with Crippen LogP contribution in [0.15, 0.2) is 18.2 Å². The number of hydrogen-bond acceptors (Lipinski definition) is 1. The van der Waals surface area contributed by atoms with E-state index in [4.69, 9.17) is 28.3 Å². The Morgan fingerprint density at radius 2 is 2.07 bits per heavy atom. The van der Waals surface area contributed by atoms with E-state index in [9.17, 15) is 4.79 Å². The van der Waals surface area contributed by atoms with E-state index >= 15 is 0 Å². The molecule has 1 aromatic rings. The molecule has 0 heterocycles. The van der Waals surface area contributed by atoms with Gasteiger partial charge in [-0.2, -0.15) is 0 Å². The Balaban J connectivity index is 2.92. The van der Waals surface area contributed by atoms with E-state index in [0.717, 1.165) is 12.0 Å². The summed E-state index contributed by atoms with van der Waals surface area (Å²) in [5.41, 5.74) is 0.925. The minimum atomic E-state index is -0.798. The minimum absolute atomic E-state index is 0.00253. The van der Waals surface area contributed by atoms with Crippen molar-refractivity contribution >= 4 is 29.2 Å². The van der Waals surface area contributed by atoms with Crippen molar-refractivity contribution in [1.29, 1.82) is 0 Å². The predicted molar refractivity (Wildman–Crippen MR) is 61.7 cm³/mol. The lowest BCUT2D eigenvalue weighted by atomic mass is 9.93. The van der Waals surface area contributed by atoms with Crippen LogP contribution in [0, 0.1) is 0 Å². The third-order valence-corrected chi connectivity index (χ3v) is 3.07. The summed E-state index contributed by atoms with van der Waals surface area (Å²) >= 11 is 11.7. The SMILES string of the molecule is CCC(CC(=O)O)c1ccc(Cl)c(Cl)c1. The van der Waals surface area contributed by atoms with E-state index in [0.29, 0.717) is 10.0 Å². The van der Waals surface area contributed by atoms with Crippen LogP contribution >= 0.6 is 23.2 Å². The lowest BCUT2D eigenvalue weighted by Gasteiger charge is -2.13. The average Bonchev–Trinajstić information content (AvgIpc) is 2.18. The predicted octanol–water partition coefficient (Wildman–Crippen LogP) is 3.96. The van der Waals surface area contributed by atoms with E-state index < -0.39 is 5.97 Å². The highest BCUT2D eigenvalue weighted by Crippen LogP contribution is 2.29. The highest BCUT2D eigenvalue weighted by molar-refractivity contribution is 6.42. The molecular formula is C11H12Cl2O2. The molecule has 0 aliphatic carbocycles. The second-order valence-electron chi connectivity index (χ2n) is 3.38. The van der Waals surface area contributed by atoms with Crippen molar-refractivity contribution in [3.05, 3.63) is 33.8 Å². The number of halogens is 2. The smallest absolute Gasteiger partial charge is 0.303 e. The van der Waals surface area contributed by atoms with Gasteiger partial charge in [0.1, 0.15) is 0 Å². The van der Waals surface area contributed by atoms with E-state index in [1.54, 1.807) is 12.1 Å². The molecule has 1 unspecified atom stereocenters. The molecule has 0 saturated heterocycles. The summed E-state index contributed by atoms with van der Waals surface area (Å²) in [6.07, 6.45) is 0.888. The standard InChI is InChI=1S/C11H12Cl2O2/c1-2-7(6-11(14)15)8-3-4-9(12)10(13)5-8/h3-5,7H,2,6H2,1H3,(H,14,15). The van der Waals surface area contributed by atoms with Gasteiger partial charge in [-0.1, -0.05) is 36.2 Å². The van der Waals surface area contributed by atoms with Crippen LogP contribution in [-0.4, -0.2) is 11.1 Å². The number of hydrogen-bond donors (Lipinski definition) is 1. The quantitative estimate of drug-likeness (QED) is 0.874.